The first-order valence-corrected chi connectivity index (χ1v) is 9.16. The average Bonchev–Trinajstić information content (AvgIpc) is 3.29. The van der Waals surface area contributed by atoms with Crippen LogP contribution in [0.5, 0.6) is 0 Å². The molecule has 2 atom stereocenters. The highest BCUT2D eigenvalue weighted by Gasteiger charge is 2.42. The minimum absolute atomic E-state index is 0.0311. The highest BCUT2D eigenvalue weighted by molar-refractivity contribution is 5.83. The lowest BCUT2D eigenvalue weighted by Gasteiger charge is -2.41. The second-order valence-corrected chi connectivity index (χ2v) is 8.47. The van der Waals surface area contributed by atoms with Crippen LogP contribution in [-0.2, 0) is 9.53 Å². The first-order chi connectivity index (χ1) is 11.1. The number of carbonyl (C=O) groups is 2. The van der Waals surface area contributed by atoms with Gasteiger partial charge in [-0.2, -0.15) is 0 Å². The molecule has 2 fully saturated rings. The molecule has 0 radical (unpaired) electrons. The maximum absolute atomic E-state index is 12.8. The number of ether oxygens (including phenoxy) is 1. The molecule has 0 aromatic carbocycles. The van der Waals surface area contributed by atoms with E-state index in [0.29, 0.717) is 19.1 Å². The van der Waals surface area contributed by atoms with Crippen LogP contribution in [0.2, 0.25) is 0 Å². The van der Waals surface area contributed by atoms with Crippen LogP contribution in [0, 0.1) is 5.92 Å². The highest BCUT2D eigenvalue weighted by Crippen LogP contribution is 2.32. The maximum atomic E-state index is 12.8. The molecule has 0 spiro atoms. The number of carbonyl (C=O) groups excluding carboxylic acids is 2. The molecule has 2 rings (SSSR count). The van der Waals surface area contributed by atoms with E-state index in [1.807, 2.05) is 39.5 Å². The van der Waals surface area contributed by atoms with E-state index in [0.717, 1.165) is 25.7 Å². The fourth-order valence-electron chi connectivity index (χ4n) is 3.14. The summed E-state index contributed by atoms with van der Waals surface area (Å²) in [5, 5.41) is 0. The smallest absolute Gasteiger partial charge is 0.410 e. The molecule has 2 N–H and O–H groups in total. The van der Waals surface area contributed by atoms with Gasteiger partial charge in [0.15, 0.2) is 0 Å². The predicted molar refractivity (Wildman–Crippen MR) is 93.5 cm³/mol. The first-order valence-electron chi connectivity index (χ1n) is 9.16. The largest absolute Gasteiger partial charge is 0.444 e. The van der Waals surface area contributed by atoms with Gasteiger partial charge in [0.05, 0.1) is 6.04 Å². The molecule has 1 heterocycles. The quantitative estimate of drug-likeness (QED) is 0.853. The van der Waals surface area contributed by atoms with E-state index in [2.05, 4.69) is 0 Å². The van der Waals surface area contributed by atoms with Gasteiger partial charge in [-0.25, -0.2) is 4.79 Å². The third-order valence-electron chi connectivity index (χ3n) is 4.64. The van der Waals surface area contributed by atoms with Crippen LogP contribution in [0.1, 0.15) is 60.3 Å². The number of hydrogen-bond donors (Lipinski definition) is 1. The Kier molecular flexibility index (Phi) is 5.78. The normalized spacial score (nSPS) is 23.1. The molecule has 0 unspecified atom stereocenters. The van der Waals surface area contributed by atoms with Crippen molar-refractivity contribution < 1.29 is 14.3 Å². The van der Waals surface area contributed by atoms with Gasteiger partial charge in [0.25, 0.3) is 0 Å². The molecule has 2 amide bonds. The van der Waals surface area contributed by atoms with Crippen LogP contribution in [-0.4, -0.2) is 58.6 Å². The fraction of sp³-hybridized carbons (Fsp3) is 0.889. The molecular weight excluding hydrogens is 306 g/mol. The summed E-state index contributed by atoms with van der Waals surface area (Å²) in [5.74, 6) is 0.146. The van der Waals surface area contributed by atoms with Crippen LogP contribution in [0.15, 0.2) is 0 Å². The second-order valence-electron chi connectivity index (χ2n) is 8.47. The van der Waals surface area contributed by atoms with Crippen LogP contribution < -0.4 is 5.73 Å². The van der Waals surface area contributed by atoms with Gasteiger partial charge in [-0.05, 0) is 52.4 Å². The summed E-state index contributed by atoms with van der Waals surface area (Å²) in [6.07, 6.45) is 3.60. The van der Waals surface area contributed by atoms with Gasteiger partial charge < -0.3 is 20.3 Å². The SMILES string of the molecule is CC(C)[C@H](N)C(=O)N(C1CC1)[C@@H]1CCCN(C(=O)OC(C)(C)C)C1. The lowest BCUT2D eigenvalue weighted by Crippen LogP contribution is -2.57. The molecule has 1 saturated carbocycles. The van der Waals surface area contributed by atoms with Crippen molar-refractivity contribution in [3.63, 3.8) is 0 Å². The highest BCUT2D eigenvalue weighted by atomic mass is 16.6. The number of piperidine rings is 1. The fourth-order valence-corrected chi connectivity index (χ4v) is 3.14. The molecule has 138 valence electrons. The number of nitrogens with two attached hydrogens (primary N) is 1. The van der Waals surface area contributed by atoms with Crippen molar-refractivity contribution in [2.75, 3.05) is 13.1 Å². The van der Waals surface area contributed by atoms with Crippen molar-refractivity contribution in [2.45, 2.75) is 84.0 Å². The minimum Gasteiger partial charge on any atom is -0.444 e. The summed E-state index contributed by atoms with van der Waals surface area (Å²) in [7, 11) is 0. The zero-order valence-electron chi connectivity index (χ0n) is 15.7. The molecular formula is C18H33N3O3. The summed E-state index contributed by atoms with van der Waals surface area (Å²) in [4.78, 5) is 28.9. The summed E-state index contributed by atoms with van der Waals surface area (Å²) < 4.78 is 5.49. The molecule has 0 bridgehead atoms. The standard InChI is InChI=1S/C18H33N3O3/c1-12(2)15(19)16(22)21(13-8-9-13)14-7-6-10-20(11-14)17(23)24-18(3,4)5/h12-15H,6-11,19H2,1-5H3/t14-,15+/m1/s1. The second kappa shape index (κ2) is 7.30. The Labute approximate surface area is 145 Å². The van der Waals surface area contributed by atoms with Crippen molar-refractivity contribution in [1.29, 1.82) is 0 Å². The Bertz CT molecular complexity index is 469. The van der Waals surface area contributed by atoms with Crippen LogP contribution >= 0.6 is 0 Å². The van der Waals surface area contributed by atoms with Crippen molar-refractivity contribution >= 4 is 12.0 Å². The zero-order chi connectivity index (χ0) is 18.1. The van der Waals surface area contributed by atoms with Gasteiger partial charge >= 0.3 is 6.09 Å². The van der Waals surface area contributed by atoms with Crippen LogP contribution in [0.3, 0.4) is 0 Å². The maximum Gasteiger partial charge on any atom is 0.410 e. The Morgan fingerprint density at radius 3 is 2.29 bits per heavy atom. The lowest BCUT2D eigenvalue weighted by molar-refractivity contribution is -0.137. The Morgan fingerprint density at radius 2 is 1.79 bits per heavy atom. The lowest BCUT2D eigenvalue weighted by atomic mass is 9.99. The van der Waals surface area contributed by atoms with E-state index in [1.54, 1.807) is 4.90 Å². The number of rotatable bonds is 4. The predicted octanol–water partition coefficient (Wildman–Crippen LogP) is 2.36. The van der Waals surface area contributed by atoms with Crippen molar-refractivity contribution in [2.24, 2.45) is 11.7 Å². The first kappa shape index (κ1) is 19.0. The monoisotopic (exact) mass is 339 g/mol. The summed E-state index contributed by atoms with van der Waals surface area (Å²) in [6, 6.07) is -0.121. The molecule has 6 nitrogen and oxygen atoms in total. The van der Waals surface area contributed by atoms with Gasteiger partial charge in [-0.15, -0.1) is 0 Å². The molecule has 6 heteroatoms. The summed E-state index contributed by atoms with van der Waals surface area (Å²) in [6.45, 7) is 10.8. The number of hydrogen-bond acceptors (Lipinski definition) is 4. The van der Waals surface area contributed by atoms with Gasteiger partial charge in [0, 0.05) is 25.2 Å². The summed E-state index contributed by atoms with van der Waals surface area (Å²) in [5.41, 5.74) is 5.61. The van der Waals surface area contributed by atoms with Crippen molar-refractivity contribution in [1.82, 2.24) is 9.80 Å². The van der Waals surface area contributed by atoms with Gasteiger partial charge in [0.2, 0.25) is 5.91 Å². The topological polar surface area (TPSA) is 75.9 Å². The van der Waals surface area contributed by atoms with E-state index in [-0.39, 0.29) is 24.0 Å². The molecule has 1 aliphatic heterocycles. The minimum atomic E-state index is -0.504. The number of amides is 2. The summed E-state index contributed by atoms with van der Waals surface area (Å²) >= 11 is 0. The molecule has 0 aromatic rings. The third kappa shape index (κ3) is 4.85. The van der Waals surface area contributed by atoms with E-state index in [4.69, 9.17) is 10.5 Å². The van der Waals surface area contributed by atoms with E-state index in [9.17, 15) is 9.59 Å². The van der Waals surface area contributed by atoms with E-state index in [1.165, 1.54) is 0 Å². The number of likely N-dealkylation sites (tertiary alicyclic amines) is 1. The van der Waals surface area contributed by atoms with Crippen molar-refractivity contribution in [3.8, 4) is 0 Å². The van der Waals surface area contributed by atoms with E-state index >= 15 is 0 Å². The molecule has 1 aliphatic carbocycles. The van der Waals surface area contributed by atoms with Gasteiger partial charge in [0.1, 0.15) is 5.60 Å². The average molecular weight is 339 g/mol. The molecule has 1 saturated heterocycles. The third-order valence-corrected chi connectivity index (χ3v) is 4.64. The molecule has 24 heavy (non-hydrogen) atoms. The zero-order valence-corrected chi connectivity index (χ0v) is 15.7. The van der Waals surface area contributed by atoms with Gasteiger partial charge in [-0.3, -0.25) is 4.79 Å². The molecule has 2 aliphatic rings. The van der Waals surface area contributed by atoms with Crippen LogP contribution in [0.4, 0.5) is 4.79 Å². The van der Waals surface area contributed by atoms with Crippen molar-refractivity contribution in [3.05, 3.63) is 0 Å². The molecule has 0 aromatic heterocycles. The van der Waals surface area contributed by atoms with Crippen LogP contribution in [0.25, 0.3) is 0 Å². The number of nitrogens with zero attached hydrogens (tertiary/aromatic N) is 2. The Morgan fingerprint density at radius 1 is 1.17 bits per heavy atom. The Balaban J connectivity index is 2.05. The van der Waals surface area contributed by atoms with E-state index < -0.39 is 11.6 Å². The van der Waals surface area contributed by atoms with Gasteiger partial charge in [-0.1, -0.05) is 13.8 Å². The Hall–Kier alpha value is -1.30.